The molecule has 1 rings (SSSR count). The monoisotopic (exact) mass is 209 g/mol. The van der Waals surface area contributed by atoms with E-state index in [1.165, 1.54) is 0 Å². The molecule has 1 aliphatic heterocycles. The molecule has 3 heteroatoms. The highest BCUT2D eigenvalue weighted by Gasteiger charge is 2.27. The highest BCUT2D eigenvalue weighted by Crippen LogP contribution is 2.17. The number of hydrogen-bond acceptors (Lipinski definition) is 2. The van der Waals surface area contributed by atoms with E-state index in [0.717, 1.165) is 38.8 Å². The lowest BCUT2D eigenvalue weighted by Crippen LogP contribution is -2.26. The zero-order chi connectivity index (χ0) is 11.1. The third-order valence-electron chi connectivity index (χ3n) is 2.79. The minimum Gasteiger partial charge on any atom is -0.396 e. The first-order valence-corrected chi connectivity index (χ1v) is 5.62. The lowest BCUT2D eigenvalue weighted by atomic mass is 10.1. The molecule has 1 N–H and O–H groups in total. The Kier molecular flexibility index (Phi) is 5.20. The highest BCUT2D eigenvalue weighted by atomic mass is 16.2. The summed E-state index contributed by atoms with van der Waals surface area (Å²) < 4.78 is 0. The van der Waals surface area contributed by atoms with Crippen LogP contribution in [0.3, 0.4) is 0 Å². The first-order chi connectivity index (χ1) is 7.27. The lowest BCUT2D eigenvalue weighted by Gasteiger charge is -2.15. The maximum Gasteiger partial charge on any atom is 0.223 e. The van der Waals surface area contributed by atoms with E-state index in [9.17, 15) is 4.79 Å². The third kappa shape index (κ3) is 3.93. The largest absolute Gasteiger partial charge is 0.396 e. The molecule has 84 valence electrons. The molecule has 0 radical (unpaired) electrons. The number of likely N-dealkylation sites (tertiary alicyclic amines) is 1. The molecule has 1 unspecified atom stereocenters. The molecule has 0 aromatic carbocycles. The standard InChI is InChI=1S/C12H19NO2/c1-2-11-9-12(15)13(10-11)7-5-3-4-6-8-14/h1,11,14H,3-10H2. The Morgan fingerprint density at radius 1 is 1.40 bits per heavy atom. The van der Waals surface area contributed by atoms with Crippen molar-refractivity contribution in [1.29, 1.82) is 0 Å². The van der Waals surface area contributed by atoms with Crippen molar-refractivity contribution in [3.05, 3.63) is 0 Å². The van der Waals surface area contributed by atoms with Crippen molar-refractivity contribution in [2.75, 3.05) is 19.7 Å². The van der Waals surface area contributed by atoms with Crippen LogP contribution in [0.5, 0.6) is 0 Å². The molecule has 1 aliphatic rings. The van der Waals surface area contributed by atoms with Crippen molar-refractivity contribution in [1.82, 2.24) is 4.90 Å². The second-order valence-electron chi connectivity index (χ2n) is 4.05. The van der Waals surface area contributed by atoms with Gasteiger partial charge in [0.2, 0.25) is 5.91 Å². The van der Waals surface area contributed by atoms with Crippen molar-refractivity contribution in [3.8, 4) is 12.3 Å². The quantitative estimate of drug-likeness (QED) is 0.524. The van der Waals surface area contributed by atoms with Gasteiger partial charge in [-0.15, -0.1) is 12.3 Å². The number of carbonyl (C=O) groups excluding carboxylic acids is 1. The normalized spacial score (nSPS) is 20.7. The summed E-state index contributed by atoms with van der Waals surface area (Å²) in [5.74, 6) is 2.95. The number of nitrogens with zero attached hydrogens (tertiary/aromatic N) is 1. The fourth-order valence-electron chi connectivity index (χ4n) is 1.87. The first-order valence-electron chi connectivity index (χ1n) is 5.62. The molecule has 1 fully saturated rings. The minimum atomic E-state index is 0.120. The molecular weight excluding hydrogens is 190 g/mol. The number of aliphatic hydroxyl groups is 1. The number of unbranched alkanes of at least 4 members (excludes halogenated alkanes) is 3. The SMILES string of the molecule is C#CC1CC(=O)N(CCCCCCO)C1. The average molecular weight is 209 g/mol. The van der Waals surface area contributed by atoms with Crippen molar-refractivity contribution in [2.45, 2.75) is 32.1 Å². The van der Waals surface area contributed by atoms with Gasteiger partial charge in [0.25, 0.3) is 0 Å². The Labute approximate surface area is 91.5 Å². The van der Waals surface area contributed by atoms with Crippen LogP contribution >= 0.6 is 0 Å². The Hall–Kier alpha value is -1.01. The lowest BCUT2D eigenvalue weighted by molar-refractivity contribution is -0.127. The van der Waals surface area contributed by atoms with Gasteiger partial charge in [0, 0.05) is 32.0 Å². The molecule has 1 heterocycles. The summed E-state index contributed by atoms with van der Waals surface area (Å²) in [6.07, 6.45) is 9.81. The average Bonchev–Trinajstić information content (AvgIpc) is 2.59. The first kappa shape index (κ1) is 12.1. The maximum atomic E-state index is 11.5. The summed E-state index contributed by atoms with van der Waals surface area (Å²) in [4.78, 5) is 13.3. The van der Waals surface area contributed by atoms with Gasteiger partial charge < -0.3 is 10.0 Å². The molecule has 0 bridgehead atoms. The fourth-order valence-corrected chi connectivity index (χ4v) is 1.87. The van der Waals surface area contributed by atoms with Crippen LogP contribution < -0.4 is 0 Å². The van der Waals surface area contributed by atoms with Crippen LogP contribution in [0.2, 0.25) is 0 Å². The van der Waals surface area contributed by atoms with Crippen LogP contribution in [0.1, 0.15) is 32.1 Å². The van der Waals surface area contributed by atoms with Crippen LogP contribution in [0.25, 0.3) is 0 Å². The predicted molar refractivity (Wildman–Crippen MR) is 59.1 cm³/mol. The number of rotatable bonds is 6. The predicted octanol–water partition coefficient (Wildman–Crippen LogP) is 1.02. The van der Waals surface area contributed by atoms with Gasteiger partial charge in [-0.2, -0.15) is 0 Å². The van der Waals surface area contributed by atoms with Crippen LogP contribution in [-0.2, 0) is 4.79 Å². The molecule has 0 aromatic heterocycles. The van der Waals surface area contributed by atoms with Crippen molar-refractivity contribution in [2.24, 2.45) is 5.92 Å². The zero-order valence-electron chi connectivity index (χ0n) is 9.11. The van der Waals surface area contributed by atoms with E-state index in [4.69, 9.17) is 11.5 Å². The van der Waals surface area contributed by atoms with E-state index in [0.29, 0.717) is 6.42 Å². The van der Waals surface area contributed by atoms with Gasteiger partial charge >= 0.3 is 0 Å². The molecule has 3 nitrogen and oxygen atoms in total. The molecule has 0 spiro atoms. The van der Waals surface area contributed by atoms with Crippen molar-refractivity contribution >= 4 is 5.91 Å². The molecule has 0 aromatic rings. The number of hydrogen-bond donors (Lipinski definition) is 1. The van der Waals surface area contributed by atoms with Gasteiger partial charge in [0.1, 0.15) is 0 Å². The summed E-state index contributed by atoms with van der Waals surface area (Å²) in [6, 6.07) is 0. The van der Waals surface area contributed by atoms with Gasteiger partial charge in [0.15, 0.2) is 0 Å². The molecule has 15 heavy (non-hydrogen) atoms. The summed E-state index contributed by atoms with van der Waals surface area (Å²) in [5, 5.41) is 8.60. The van der Waals surface area contributed by atoms with Gasteiger partial charge in [-0.25, -0.2) is 0 Å². The van der Waals surface area contributed by atoms with Crippen molar-refractivity contribution in [3.63, 3.8) is 0 Å². The molecule has 1 atom stereocenters. The number of aliphatic hydroxyl groups excluding tert-OH is 1. The maximum absolute atomic E-state index is 11.5. The molecule has 1 amide bonds. The summed E-state index contributed by atoms with van der Waals surface area (Å²) >= 11 is 0. The third-order valence-corrected chi connectivity index (χ3v) is 2.79. The fraction of sp³-hybridized carbons (Fsp3) is 0.750. The Morgan fingerprint density at radius 2 is 2.13 bits per heavy atom. The van der Waals surface area contributed by atoms with Crippen LogP contribution in [-0.4, -0.2) is 35.6 Å². The van der Waals surface area contributed by atoms with Crippen LogP contribution in [0.4, 0.5) is 0 Å². The molecule has 0 saturated carbocycles. The van der Waals surface area contributed by atoms with E-state index in [-0.39, 0.29) is 18.4 Å². The van der Waals surface area contributed by atoms with E-state index < -0.39 is 0 Å². The van der Waals surface area contributed by atoms with E-state index in [1.54, 1.807) is 0 Å². The minimum absolute atomic E-state index is 0.120. The van der Waals surface area contributed by atoms with Gasteiger partial charge in [-0.3, -0.25) is 4.79 Å². The second-order valence-corrected chi connectivity index (χ2v) is 4.05. The van der Waals surface area contributed by atoms with E-state index >= 15 is 0 Å². The van der Waals surface area contributed by atoms with E-state index in [2.05, 4.69) is 5.92 Å². The van der Waals surface area contributed by atoms with Crippen LogP contribution in [0, 0.1) is 18.3 Å². The summed E-state index contributed by atoms with van der Waals surface area (Å²) in [5.41, 5.74) is 0. The van der Waals surface area contributed by atoms with E-state index in [1.807, 2.05) is 4.90 Å². The summed E-state index contributed by atoms with van der Waals surface area (Å²) in [7, 11) is 0. The Bertz CT molecular complexity index is 244. The van der Waals surface area contributed by atoms with Gasteiger partial charge in [0.05, 0.1) is 0 Å². The number of terminal acetylenes is 1. The van der Waals surface area contributed by atoms with Gasteiger partial charge in [-0.1, -0.05) is 12.8 Å². The zero-order valence-corrected chi connectivity index (χ0v) is 9.11. The van der Waals surface area contributed by atoms with Crippen molar-refractivity contribution < 1.29 is 9.90 Å². The topological polar surface area (TPSA) is 40.5 Å². The highest BCUT2D eigenvalue weighted by molar-refractivity contribution is 5.79. The second kappa shape index (κ2) is 6.47. The molecule has 0 aliphatic carbocycles. The number of carbonyl (C=O) groups is 1. The van der Waals surface area contributed by atoms with Gasteiger partial charge in [-0.05, 0) is 12.8 Å². The number of amides is 1. The summed E-state index contributed by atoms with van der Waals surface area (Å²) in [6.45, 7) is 1.82. The Morgan fingerprint density at radius 3 is 2.73 bits per heavy atom. The van der Waals surface area contributed by atoms with Crippen LogP contribution in [0.15, 0.2) is 0 Å². The molecule has 1 saturated heterocycles. The molecular formula is C12H19NO2. The Balaban J connectivity index is 2.12. The smallest absolute Gasteiger partial charge is 0.223 e.